The van der Waals surface area contributed by atoms with E-state index in [2.05, 4.69) is 20.4 Å². The third-order valence-corrected chi connectivity index (χ3v) is 18.3. The number of fused-ring (bicyclic) bond motifs is 2. The number of furan rings is 2. The highest BCUT2D eigenvalue weighted by Crippen LogP contribution is 2.47. The van der Waals surface area contributed by atoms with Crippen LogP contribution in [0.2, 0.25) is 5.02 Å². The van der Waals surface area contributed by atoms with Crippen molar-refractivity contribution in [2.24, 2.45) is 0 Å². The molecular formula is C60H39ClN6O9S5. The minimum absolute atomic E-state index is 0.0143. The van der Waals surface area contributed by atoms with Gasteiger partial charge in [0.25, 0.3) is 11.8 Å². The molecule has 13 rings (SSSR count). The number of aliphatic hydroxyl groups is 2. The van der Waals surface area contributed by atoms with Gasteiger partial charge in [0.05, 0.1) is 17.2 Å². The van der Waals surface area contributed by atoms with Gasteiger partial charge in [-0.25, -0.2) is 0 Å². The average Bonchev–Trinajstić information content (AvgIpc) is 4.54. The monoisotopic (exact) mass is 1180 g/mol. The van der Waals surface area contributed by atoms with Gasteiger partial charge in [-0.15, -0.1) is 31.7 Å². The van der Waals surface area contributed by atoms with Crippen molar-refractivity contribution in [3.8, 4) is 11.5 Å². The lowest BCUT2D eigenvalue weighted by Crippen LogP contribution is -2.31. The first-order valence-corrected chi connectivity index (χ1v) is 29.6. The number of thioether (sulfide) groups is 2. The van der Waals surface area contributed by atoms with Gasteiger partial charge in [0.1, 0.15) is 28.7 Å². The van der Waals surface area contributed by atoms with Crippen LogP contribution in [-0.2, 0) is 21.1 Å². The van der Waals surface area contributed by atoms with Crippen molar-refractivity contribution in [2.75, 3.05) is 9.80 Å². The molecule has 21 heteroatoms. The van der Waals surface area contributed by atoms with Gasteiger partial charge in [0.15, 0.2) is 31.7 Å². The average molecular weight is 1180 g/mol. The summed E-state index contributed by atoms with van der Waals surface area (Å²) in [5, 5.41) is 43.8. The van der Waals surface area contributed by atoms with E-state index in [1.807, 2.05) is 139 Å². The minimum atomic E-state index is -1.01. The molecule has 2 aliphatic rings. The first-order valence-electron chi connectivity index (χ1n) is 24.7. The summed E-state index contributed by atoms with van der Waals surface area (Å²) in [6, 6.07) is 53.3. The Morgan fingerprint density at radius 1 is 0.556 bits per heavy atom. The van der Waals surface area contributed by atoms with Gasteiger partial charge in [-0.2, -0.15) is 0 Å². The molecule has 5 aromatic heterocycles. The molecule has 0 saturated carbocycles. The first-order chi connectivity index (χ1) is 39.5. The quantitative estimate of drug-likeness (QED) is 0.0525. The number of carbonyl (C=O) groups excluding carboxylic acids is 4. The largest absolute Gasteiger partial charge is 0.503 e. The second-order valence-corrected chi connectivity index (χ2v) is 23.8. The molecule has 0 saturated heterocycles. The fraction of sp³-hybridized carbons (Fsp3) is 0.0667. The molecule has 2 atom stereocenters. The Balaban J connectivity index is 0.000000163. The number of nitrogens with zero attached hydrogens (tertiary/aromatic N) is 6. The van der Waals surface area contributed by atoms with Crippen molar-refractivity contribution in [3.63, 3.8) is 0 Å². The van der Waals surface area contributed by atoms with E-state index in [1.54, 1.807) is 48.5 Å². The normalized spacial score (nSPS) is 15.3. The van der Waals surface area contributed by atoms with Gasteiger partial charge in [-0.3, -0.25) is 29.0 Å². The summed E-state index contributed by atoms with van der Waals surface area (Å²) >= 11 is 12.7. The van der Waals surface area contributed by atoms with Crippen LogP contribution in [0.15, 0.2) is 228 Å². The number of benzene rings is 6. The van der Waals surface area contributed by atoms with Crippen LogP contribution in [-0.4, -0.2) is 54.0 Å². The molecule has 0 bridgehead atoms. The Morgan fingerprint density at radius 3 is 1.62 bits per heavy atom. The summed E-state index contributed by atoms with van der Waals surface area (Å²) in [7, 11) is 0. The fourth-order valence-corrected chi connectivity index (χ4v) is 13.7. The molecule has 15 nitrogen and oxygen atoms in total. The van der Waals surface area contributed by atoms with Gasteiger partial charge in [-0.1, -0.05) is 173 Å². The van der Waals surface area contributed by atoms with Gasteiger partial charge in [0.2, 0.25) is 21.8 Å². The van der Waals surface area contributed by atoms with Gasteiger partial charge >= 0.3 is 0 Å². The maximum Gasteiger partial charge on any atom is 0.296 e. The molecule has 2 aliphatic heterocycles. The van der Waals surface area contributed by atoms with Crippen LogP contribution >= 0.6 is 69.1 Å². The van der Waals surface area contributed by atoms with E-state index in [1.165, 1.54) is 67.3 Å². The molecule has 0 radical (unpaired) electrons. The van der Waals surface area contributed by atoms with Crippen molar-refractivity contribution in [1.29, 1.82) is 0 Å². The summed E-state index contributed by atoms with van der Waals surface area (Å²) in [4.78, 5) is 58.0. The SMILES string of the molecule is O=C(C1=C(O)C(=O)N(c2nnc(SCc3ccc(Cl)cc3)s2)C1c1cccs1)c1cc2ccccc2o1.O=C(C1=C(O)C(=O)N(c2nnc(SCc3ccccc3)s2)C1c1cccc(Oc2ccccc2)c1)c1cc2ccccc2o1. The highest BCUT2D eigenvalue weighted by Gasteiger charge is 2.48. The Labute approximate surface area is 486 Å². The van der Waals surface area contributed by atoms with Crippen LogP contribution in [0.5, 0.6) is 11.5 Å². The smallest absolute Gasteiger partial charge is 0.296 e. The maximum atomic E-state index is 14.0. The van der Waals surface area contributed by atoms with Crippen molar-refractivity contribution in [3.05, 3.63) is 248 Å². The molecule has 0 spiro atoms. The minimum Gasteiger partial charge on any atom is -0.503 e. The molecule has 0 fully saturated rings. The number of Topliss-reactive ketones (excluding diaryl/α,β-unsaturated/α-hetero) is 2. The van der Waals surface area contributed by atoms with Crippen LogP contribution in [0.1, 0.15) is 54.8 Å². The lowest BCUT2D eigenvalue weighted by molar-refractivity contribution is -0.117. The van der Waals surface area contributed by atoms with Crippen molar-refractivity contribution >= 4 is 125 Å². The molecular weight excluding hydrogens is 1140 g/mol. The van der Waals surface area contributed by atoms with Crippen molar-refractivity contribution in [1.82, 2.24) is 20.4 Å². The second-order valence-electron chi connectivity index (χ2n) is 18.0. The molecule has 400 valence electrons. The van der Waals surface area contributed by atoms with E-state index in [0.717, 1.165) is 21.9 Å². The zero-order chi connectivity index (χ0) is 55.6. The third-order valence-electron chi connectivity index (χ3n) is 12.9. The highest BCUT2D eigenvalue weighted by molar-refractivity contribution is 8.00. The van der Waals surface area contributed by atoms with E-state index in [4.69, 9.17) is 25.2 Å². The predicted octanol–water partition coefficient (Wildman–Crippen LogP) is 15.2. The summed E-state index contributed by atoms with van der Waals surface area (Å²) in [6.07, 6.45) is 0. The zero-order valence-corrected chi connectivity index (χ0v) is 46.7. The number of para-hydroxylation sites is 3. The van der Waals surface area contributed by atoms with E-state index in [-0.39, 0.29) is 27.8 Å². The summed E-state index contributed by atoms with van der Waals surface area (Å²) in [6.45, 7) is 0. The number of amides is 2. The Kier molecular flexibility index (Phi) is 15.2. The third kappa shape index (κ3) is 11.0. The molecule has 81 heavy (non-hydrogen) atoms. The number of aromatic nitrogens is 4. The van der Waals surface area contributed by atoms with Gasteiger partial charge < -0.3 is 23.8 Å². The Bertz CT molecular complexity index is 4150. The lowest BCUT2D eigenvalue weighted by Gasteiger charge is -2.24. The summed E-state index contributed by atoms with van der Waals surface area (Å²) in [5.74, 6) is -1.37. The number of hydrogen-bond donors (Lipinski definition) is 2. The van der Waals surface area contributed by atoms with Crippen molar-refractivity contribution < 1.29 is 43.0 Å². The Hall–Kier alpha value is -8.63. The Morgan fingerprint density at radius 2 is 1.06 bits per heavy atom. The van der Waals surface area contributed by atoms with Crippen molar-refractivity contribution in [2.45, 2.75) is 32.3 Å². The first kappa shape index (κ1) is 53.0. The zero-order valence-electron chi connectivity index (χ0n) is 41.8. The van der Waals surface area contributed by atoms with Gasteiger partial charge in [-0.05, 0) is 88.8 Å². The number of carbonyl (C=O) groups is 4. The number of thiophene rings is 1. The van der Waals surface area contributed by atoms with E-state index in [0.29, 0.717) is 63.4 Å². The number of aliphatic hydroxyl groups excluding tert-OH is 2. The number of ketones is 2. The molecule has 0 aliphatic carbocycles. The maximum absolute atomic E-state index is 14.0. The number of hydrogen-bond acceptors (Lipinski definition) is 18. The van der Waals surface area contributed by atoms with E-state index >= 15 is 0 Å². The topological polar surface area (TPSA) is 202 Å². The molecule has 2 N–H and O–H groups in total. The molecule has 6 aromatic carbocycles. The number of rotatable bonds is 16. The lowest BCUT2D eigenvalue weighted by atomic mass is 9.95. The van der Waals surface area contributed by atoms with Crippen LogP contribution in [0.3, 0.4) is 0 Å². The molecule has 7 heterocycles. The standard InChI is InChI=1S/C34H23N3O5S2.C26H16ClN3O4S3/c38-30(27-19-22-12-7-8-17-26(22)42-27)28-29(23-13-9-16-25(18-23)41-24-14-5-2-6-15-24)37(32(40)31(28)39)33-35-36-34(44-33)43-20-21-10-3-1-4-11-21;27-16-9-7-14(8-10-16)13-36-26-29-28-25(37-26)30-21(19-6-3-11-35-19)20(23(32)24(30)33)22(31)18-12-15-4-1-2-5-17(15)34-18/h1-19,29,39H,20H2;1-12,21,32H,13H2. The fourth-order valence-electron chi connectivity index (χ4n) is 9.09. The molecule has 11 aromatic rings. The number of halogens is 1. The number of anilines is 2. The number of ether oxygens (including phenoxy) is 1. The molecule has 2 unspecified atom stereocenters. The van der Waals surface area contributed by atoms with E-state index in [9.17, 15) is 29.4 Å². The van der Waals surface area contributed by atoms with E-state index < -0.39 is 47.0 Å². The van der Waals surface area contributed by atoms with Crippen LogP contribution in [0.25, 0.3) is 21.9 Å². The summed E-state index contributed by atoms with van der Waals surface area (Å²) < 4.78 is 19.0. The second kappa shape index (κ2) is 23.2. The summed E-state index contributed by atoms with van der Waals surface area (Å²) in [5.41, 5.74) is 3.65. The van der Waals surface area contributed by atoms with Crippen LogP contribution < -0.4 is 14.5 Å². The van der Waals surface area contributed by atoms with Gasteiger partial charge in [0, 0.05) is 32.2 Å². The van der Waals surface area contributed by atoms with Crippen LogP contribution in [0.4, 0.5) is 10.3 Å². The molecule has 2 amide bonds. The highest BCUT2D eigenvalue weighted by atomic mass is 35.5. The van der Waals surface area contributed by atoms with Crippen LogP contribution in [0, 0.1) is 0 Å². The predicted molar refractivity (Wildman–Crippen MR) is 315 cm³/mol.